The number of aromatic nitrogens is 3. The standard InChI is InChI=1S/C13H17BrN4O/c1-4-15-11(12-13(14)16-17-18(12)2)9-5-7-10(19-3)8-6-9/h5-8,11,15H,4H2,1-3H3. The summed E-state index contributed by atoms with van der Waals surface area (Å²) in [6, 6.07) is 8.05. The Bertz CT molecular complexity index is 519. The van der Waals surface area contributed by atoms with Crippen LogP contribution in [0.5, 0.6) is 5.75 Å². The van der Waals surface area contributed by atoms with E-state index in [0.29, 0.717) is 0 Å². The first-order valence-corrected chi connectivity index (χ1v) is 6.89. The molecule has 19 heavy (non-hydrogen) atoms. The normalized spacial score (nSPS) is 12.4. The van der Waals surface area contributed by atoms with E-state index in [2.05, 4.69) is 38.5 Å². The van der Waals surface area contributed by atoms with E-state index in [1.807, 2.05) is 31.3 Å². The average molecular weight is 325 g/mol. The molecule has 0 aliphatic carbocycles. The van der Waals surface area contributed by atoms with Crippen molar-refractivity contribution in [3.8, 4) is 5.75 Å². The molecule has 2 aromatic rings. The lowest BCUT2D eigenvalue weighted by Gasteiger charge is -2.19. The summed E-state index contributed by atoms with van der Waals surface area (Å²) in [4.78, 5) is 0. The second kappa shape index (κ2) is 6.16. The van der Waals surface area contributed by atoms with Crippen LogP contribution < -0.4 is 10.1 Å². The van der Waals surface area contributed by atoms with Crippen LogP contribution in [0.2, 0.25) is 0 Å². The molecule has 1 N–H and O–H groups in total. The van der Waals surface area contributed by atoms with Crippen LogP contribution >= 0.6 is 15.9 Å². The Morgan fingerprint density at radius 1 is 1.37 bits per heavy atom. The largest absolute Gasteiger partial charge is 0.497 e. The van der Waals surface area contributed by atoms with E-state index in [1.54, 1.807) is 11.8 Å². The third-order valence-corrected chi connectivity index (χ3v) is 3.52. The monoisotopic (exact) mass is 324 g/mol. The smallest absolute Gasteiger partial charge is 0.153 e. The number of benzene rings is 1. The molecule has 1 aromatic carbocycles. The van der Waals surface area contributed by atoms with E-state index in [9.17, 15) is 0 Å². The molecule has 0 aliphatic rings. The summed E-state index contributed by atoms with van der Waals surface area (Å²) in [6.45, 7) is 2.93. The maximum absolute atomic E-state index is 5.19. The van der Waals surface area contributed by atoms with Crippen LogP contribution in [-0.2, 0) is 7.05 Å². The van der Waals surface area contributed by atoms with Crippen LogP contribution in [0.4, 0.5) is 0 Å². The van der Waals surface area contributed by atoms with Crippen LogP contribution in [0.1, 0.15) is 24.2 Å². The van der Waals surface area contributed by atoms with Crippen molar-refractivity contribution in [2.24, 2.45) is 7.05 Å². The highest BCUT2D eigenvalue weighted by Gasteiger charge is 2.21. The number of halogens is 1. The minimum Gasteiger partial charge on any atom is -0.497 e. The summed E-state index contributed by atoms with van der Waals surface area (Å²) >= 11 is 3.45. The molecular formula is C13H17BrN4O. The number of nitrogens with one attached hydrogen (secondary N) is 1. The Labute approximate surface area is 121 Å². The predicted octanol–water partition coefficient (Wildman–Crippen LogP) is 2.29. The number of rotatable bonds is 5. The van der Waals surface area contributed by atoms with Gasteiger partial charge in [-0.1, -0.05) is 24.3 Å². The molecule has 2 rings (SSSR count). The molecule has 0 spiro atoms. The van der Waals surface area contributed by atoms with Crippen molar-refractivity contribution in [2.45, 2.75) is 13.0 Å². The van der Waals surface area contributed by atoms with Gasteiger partial charge in [0.15, 0.2) is 4.60 Å². The number of hydrogen-bond acceptors (Lipinski definition) is 4. The summed E-state index contributed by atoms with van der Waals surface area (Å²) < 4.78 is 7.73. The molecule has 0 saturated carbocycles. The summed E-state index contributed by atoms with van der Waals surface area (Å²) in [5.41, 5.74) is 2.15. The highest BCUT2D eigenvalue weighted by atomic mass is 79.9. The fourth-order valence-electron chi connectivity index (χ4n) is 2.02. The zero-order valence-electron chi connectivity index (χ0n) is 11.2. The lowest BCUT2D eigenvalue weighted by Crippen LogP contribution is -2.24. The van der Waals surface area contributed by atoms with Crippen molar-refractivity contribution >= 4 is 15.9 Å². The maximum atomic E-state index is 5.19. The van der Waals surface area contributed by atoms with Gasteiger partial charge in [-0.3, -0.25) is 0 Å². The first kappa shape index (κ1) is 14.0. The molecule has 102 valence electrons. The van der Waals surface area contributed by atoms with Crippen molar-refractivity contribution in [3.05, 3.63) is 40.1 Å². The summed E-state index contributed by atoms with van der Waals surface area (Å²) in [5.74, 6) is 0.848. The van der Waals surface area contributed by atoms with Gasteiger partial charge < -0.3 is 10.1 Å². The molecule has 0 fully saturated rings. The van der Waals surface area contributed by atoms with Crippen molar-refractivity contribution < 1.29 is 4.74 Å². The summed E-state index contributed by atoms with van der Waals surface area (Å²) in [7, 11) is 3.55. The van der Waals surface area contributed by atoms with Gasteiger partial charge in [-0.05, 0) is 40.2 Å². The first-order valence-electron chi connectivity index (χ1n) is 6.09. The lowest BCUT2D eigenvalue weighted by molar-refractivity contribution is 0.414. The Balaban J connectivity index is 2.39. The predicted molar refractivity (Wildman–Crippen MR) is 77.2 cm³/mol. The van der Waals surface area contributed by atoms with Crippen molar-refractivity contribution in [1.82, 2.24) is 20.3 Å². The van der Waals surface area contributed by atoms with Crippen LogP contribution in [-0.4, -0.2) is 28.6 Å². The molecule has 5 nitrogen and oxygen atoms in total. The van der Waals surface area contributed by atoms with Crippen LogP contribution in [0.15, 0.2) is 28.9 Å². The van der Waals surface area contributed by atoms with E-state index in [4.69, 9.17) is 4.74 Å². The minimum atomic E-state index is 0.0466. The molecule has 6 heteroatoms. The van der Waals surface area contributed by atoms with Crippen LogP contribution in [0, 0.1) is 0 Å². The Morgan fingerprint density at radius 2 is 2.05 bits per heavy atom. The van der Waals surface area contributed by atoms with E-state index in [-0.39, 0.29) is 6.04 Å². The molecule has 1 unspecified atom stereocenters. The van der Waals surface area contributed by atoms with Crippen molar-refractivity contribution in [3.63, 3.8) is 0 Å². The number of nitrogens with zero attached hydrogens (tertiary/aromatic N) is 3. The van der Waals surface area contributed by atoms with Gasteiger partial charge in [0.1, 0.15) is 5.75 Å². The number of methoxy groups -OCH3 is 1. The van der Waals surface area contributed by atoms with Gasteiger partial charge in [-0.25, -0.2) is 4.68 Å². The molecule has 1 aromatic heterocycles. The van der Waals surface area contributed by atoms with Gasteiger partial charge >= 0.3 is 0 Å². The second-order valence-electron chi connectivity index (χ2n) is 4.15. The summed E-state index contributed by atoms with van der Waals surface area (Å²) in [5, 5.41) is 11.5. The molecule has 0 amide bonds. The highest BCUT2D eigenvalue weighted by molar-refractivity contribution is 9.10. The van der Waals surface area contributed by atoms with E-state index in [1.165, 1.54) is 0 Å². The molecule has 0 radical (unpaired) electrons. The second-order valence-corrected chi connectivity index (χ2v) is 4.90. The third-order valence-electron chi connectivity index (χ3n) is 2.96. The summed E-state index contributed by atoms with van der Waals surface area (Å²) in [6.07, 6.45) is 0. The number of aryl methyl sites for hydroxylation is 1. The molecular weight excluding hydrogens is 308 g/mol. The average Bonchev–Trinajstić information content (AvgIpc) is 2.76. The van der Waals surface area contributed by atoms with Gasteiger partial charge in [0.25, 0.3) is 0 Å². The molecule has 0 saturated heterocycles. The molecule has 0 aliphatic heterocycles. The molecule has 0 bridgehead atoms. The molecule has 1 atom stereocenters. The lowest BCUT2D eigenvalue weighted by atomic mass is 10.0. The number of ether oxygens (including phenoxy) is 1. The Hall–Kier alpha value is -1.40. The number of hydrogen-bond donors (Lipinski definition) is 1. The van der Waals surface area contributed by atoms with Gasteiger partial charge in [0.2, 0.25) is 0 Å². The Kier molecular flexibility index (Phi) is 4.55. The quantitative estimate of drug-likeness (QED) is 0.916. The first-order chi connectivity index (χ1) is 9.17. The maximum Gasteiger partial charge on any atom is 0.153 e. The van der Waals surface area contributed by atoms with Crippen molar-refractivity contribution in [1.29, 1.82) is 0 Å². The highest BCUT2D eigenvalue weighted by Crippen LogP contribution is 2.27. The molecule has 1 heterocycles. The van der Waals surface area contributed by atoms with Crippen molar-refractivity contribution in [2.75, 3.05) is 13.7 Å². The van der Waals surface area contributed by atoms with E-state index >= 15 is 0 Å². The zero-order valence-corrected chi connectivity index (χ0v) is 12.8. The van der Waals surface area contributed by atoms with E-state index in [0.717, 1.165) is 28.2 Å². The topological polar surface area (TPSA) is 52.0 Å². The van der Waals surface area contributed by atoms with Crippen LogP contribution in [0.3, 0.4) is 0 Å². The minimum absolute atomic E-state index is 0.0466. The van der Waals surface area contributed by atoms with Gasteiger partial charge in [0.05, 0.1) is 18.8 Å². The van der Waals surface area contributed by atoms with Gasteiger partial charge in [-0.15, -0.1) is 5.10 Å². The SMILES string of the molecule is CCNC(c1ccc(OC)cc1)c1c(Br)nnn1C. The van der Waals surface area contributed by atoms with E-state index < -0.39 is 0 Å². The Morgan fingerprint density at radius 3 is 2.53 bits per heavy atom. The zero-order chi connectivity index (χ0) is 13.8. The van der Waals surface area contributed by atoms with Gasteiger partial charge in [-0.2, -0.15) is 0 Å². The fourth-order valence-corrected chi connectivity index (χ4v) is 2.57. The van der Waals surface area contributed by atoms with Crippen LogP contribution in [0.25, 0.3) is 0 Å². The van der Waals surface area contributed by atoms with Gasteiger partial charge in [0, 0.05) is 7.05 Å². The third kappa shape index (κ3) is 2.96. The fraction of sp³-hybridized carbons (Fsp3) is 0.385.